The van der Waals surface area contributed by atoms with E-state index < -0.39 is 10.9 Å². The molecule has 0 fully saturated rings. The Morgan fingerprint density at radius 3 is 2.33 bits per heavy atom. The zero-order chi connectivity index (χ0) is 6.57. The molecule has 0 aromatic heterocycles. The van der Waals surface area contributed by atoms with E-state index in [2.05, 4.69) is 4.74 Å². The summed E-state index contributed by atoms with van der Waals surface area (Å²) in [7, 11) is 1.07. The zero-order valence-corrected chi connectivity index (χ0v) is 8.28. The van der Waals surface area contributed by atoms with Gasteiger partial charge in [0.1, 0.15) is 5.95 Å². The van der Waals surface area contributed by atoms with Crippen molar-refractivity contribution in [3.05, 3.63) is 22.3 Å². The fraction of sp³-hybridized carbons (Fsp3) is 0.333. The summed E-state index contributed by atoms with van der Waals surface area (Å²) in [4.78, 5) is 8.55. The minimum absolute atomic E-state index is 0. The Morgan fingerprint density at radius 1 is 1.78 bits per heavy atom. The molecular formula is C3H4KNO4. The number of nitrogens with zero attached hydrogens (tertiary/aromatic N) is 1. The van der Waals surface area contributed by atoms with Crippen LogP contribution in [0.5, 0.6) is 0 Å². The third kappa shape index (κ3) is 8.38. The van der Waals surface area contributed by atoms with Crippen molar-refractivity contribution in [1.29, 1.82) is 0 Å². The van der Waals surface area contributed by atoms with Gasteiger partial charge < -0.3 is 9.84 Å². The third-order valence-electron chi connectivity index (χ3n) is 0.412. The van der Waals surface area contributed by atoms with E-state index >= 15 is 0 Å². The fourth-order valence-corrected chi connectivity index (χ4v) is 0.139. The van der Waals surface area contributed by atoms with Gasteiger partial charge in [0.05, 0.1) is 4.92 Å². The van der Waals surface area contributed by atoms with Crippen LogP contribution in [0.4, 0.5) is 0 Å². The van der Waals surface area contributed by atoms with Gasteiger partial charge in [0.2, 0.25) is 0 Å². The van der Waals surface area contributed by atoms with Crippen LogP contribution in [0.25, 0.3) is 0 Å². The van der Waals surface area contributed by atoms with Gasteiger partial charge in [0.15, 0.2) is 0 Å². The second-order valence-corrected chi connectivity index (χ2v) is 0.938. The first-order valence-corrected chi connectivity index (χ1v) is 1.73. The molecule has 0 amide bonds. The van der Waals surface area contributed by atoms with E-state index in [9.17, 15) is 15.2 Å². The predicted octanol–water partition coefficient (Wildman–Crippen LogP) is -3.93. The number of rotatable bonds is 2. The van der Waals surface area contributed by atoms with Crippen molar-refractivity contribution in [2.24, 2.45) is 0 Å². The molecule has 0 aliphatic rings. The van der Waals surface area contributed by atoms with Crippen molar-refractivity contribution in [3.8, 4) is 0 Å². The largest absolute Gasteiger partial charge is 1.00 e. The summed E-state index contributed by atoms with van der Waals surface area (Å²) >= 11 is 0. The second-order valence-electron chi connectivity index (χ2n) is 0.938. The van der Waals surface area contributed by atoms with Crippen molar-refractivity contribution in [2.75, 3.05) is 7.11 Å². The average molecular weight is 157 g/mol. The first-order valence-electron chi connectivity index (χ1n) is 1.73. The first-order chi connectivity index (χ1) is 3.66. The van der Waals surface area contributed by atoms with E-state index in [0.717, 1.165) is 7.11 Å². The molecule has 0 spiro atoms. The molecule has 0 N–H and O–H groups in total. The fourth-order valence-electron chi connectivity index (χ4n) is 0.139. The SMILES string of the molecule is CO/C([O-])=C/[N+](=O)[O-].[K+]. The Hall–Kier alpha value is 0.376. The van der Waals surface area contributed by atoms with Crippen LogP contribution in [-0.2, 0) is 4.74 Å². The van der Waals surface area contributed by atoms with Crippen molar-refractivity contribution >= 4 is 0 Å². The minimum atomic E-state index is -0.949. The Balaban J connectivity index is 0. The summed E-state index contributed by atoms with van der Waals surface area (Å²) in [6, 6.07) is 0. The van der Waals surface area contributed by atoms with Crippen LogP contribution in [0.2, 0.25) is 0 Å². The summed E-state index contributed by atoms with van der Waals surface area (Å²) in [5, 5.41) is 19.3. The zero-order valence-electron chi connectivity index (χ0n) is 5.16. The molecule has 0 radical (unpaired) electrons. The van der Waals surface area contributed by atoms with Gasteiger partial charge in [-0.1, -0.05) is 0 Å². The Morgan fingerprint density at radius 2 is 2.22 bits per heavy atom. The van der Waals surface area contributed by atoms with Crippen molar-refractivity contribution in [3.63, 3.8) is 0 Å². The van der Waals surface area contributed by atoms with Crippen LogP contribution in [0.3, 0.4) is 0 Å². The molecule has 0 aromatic rings. The third-order valence-corrected chi connectivity index (χ3v) is 0.412. The van der Waals surface area contributed by atoms with Gasteiger partial charge in [-0.3, -0.25) is 10.1 Å². The first kappa shape index (κ1) is 12.1. The molecule has 0 unspecified atom stereocenters. The summed E-state index contributed by atoms with van der Waals surface area (Å²) in [6.07, 6.45) is 0.250. The van der Waals surface area contributed by atoms with Gasteiger partial charge in [-0.25, -0.2) is 0 Å². The van der Waals surface area contributed by atoms with Crippen molar-refractivity contribution in [1.82, 2.24) is 0 Å². The summed E-state index contributed by atoms with van der Waals surface area (Å²) in [5.74, 6) is -0.949. The second kappa shape index (κ2) is 6.50. The normalized spacial score (nSPS) is 9.67. The van der Waals surface area contributed by atoms with E-state index in [1.807, 2.05) is 0 Å². The van der Waals surface area contributed by atoms with Crippen molar-refractivity contribution < 1.29 is 66.2 Å². The van der Waals surface area contributed by atoms with Gasteiger partial charge >= 0.3 is 51.4 Å². The number of nitro groups is 1. The number of hydrogen-bond donors (Lipinski definition) is 0. The van der Waals surface area contributed by atoms with Crippen LogP contribution in [0, 0.1) is 10.1 Å². The van der Waals surface area contributed by atoms with E-state index in [4.69, 9.17) is 0 Å². The summed E-state index contributed by atoms with van der Waals surface area (Å²) in [6.45, 7) is 0. The van der Waals surface area contributed by atoms with E-state index in [0.29, 0.717) is 0 Å². The summed E-state index contributed by atoms with van der Waals surface area (Å²) < 4.78 is 3.92. The molecule has 0 saturated carbocycles. The number of hydrogen-bond acceptors (Lipinski definition) is 4. The summed E-state index contributed by atoms with van der Waals surface area (Å²) in [5.41, 5.74) is 0. The van der Waals surface area contributed by atoms with Crippen LogP contribution >= 0.6 is 0 Å². The molecule has 46 valence electrons. The Kier molecular flexibility index (Phi) is 8.73. The maximum absolute atomic E-state index is 9.90. The molecule has 0 heterocycles. The molecule has 9 heavy (non-hydrogen) atoms. The molecule has 0 bridgehead atoms. The molecule has 0 rings (SSSR count). The van der Waals surface area contributed by atoms with Gasteiger partial charge in [-0.2, -0.15) is 0 Å². The van der Waals surface area contributed by atoms with Gasteiger partial charge in [-0.05, 0) is 7.11 Å². The molecule has 0 saturated heterocycles. The maximum atomic E-state index is 9.90. The molecule has 5 nitrogen and oxygen atoms in total. The van der Waals surface area contributed by atoms with E-state index in [1.165, 1.54) is 0 Å². The van der Waals surface area contributed by atoms with Crippen LogP contribution in [0.1, 0.15) is 0 Å². The monoisotopic (exact) mass is 157 g/mol. The van der Waals surface area contributed by atoms with Gasteiger partial charge in [0, 0.05) is 0 Å². The standard InChI is InChI=1S/C3H5NO4.K/c1-8-3(5)2-4(6)7;/h2,5H,1H3;/q;+1/p-1/b3-2+;. The maximum Gasteiger partial charge on any atom is 1.00 e. The van der Waals surface area contributed by atoms with Crippen LogP contribution < -0.4 is 56.5 Å². The molecule has 6 heteroatoms. The Bertz CT molecular complexity index is 123. The smallest absolute Gasteiger partial charge is 0.612 e. The van der Waals surface area contributed by atoms with E-state index in [1.54, 1.807) is 0 Å². The van der Waals surface area contributed by atoms with Gasteiger partial charge in [-0.15, -0.1) is 0 Å². The van der Waals surface area contributed by atoms with E-state index in [-0.39, 0.29) is 57.6 Å². The topological polar surface area (TPSA) is 75.4 Å². The molecule has 0 aliphatic heterocycles. The quantitative estimate of drug-likeness (QED) is 0.177. The number of methoxy groups -OCH3 is 1. The van der Waals surface area contributed by atoms with Crippen LogP contribution in [0.15, 0.2) is 12.1 Å². The molecule has 0 aromatic carbocycles. The number of ether oxygens (including phenoxy) is 1. The minimum Gasteiger partial charge on any atom is -0.612 e. The average Bonchev–Trinajstić information content (AvgIpc) is 1.65. The van der Waals surface area contributed by atoms with Crippen molar-refractivity contribution in [2.45, 2.75) is 0 Å². The van der Waals surface area contributed by atoms with Crippen LogP contribution in [-0.4, -0.2) is 12.0 Å². The molecule has 0 atom stereocenters. The molecular weight excluding hydrogens is 153 g/mol. The predicted molar refractivity (Wildman–Crippen MR) is 22.1 cm³/mol. The molecule has 0 aliphatic carbocycles. The Labute approximate surface area is 94.3 Å². The van der Waals surface area contributed by atoms with Gasteiger partial charge in [0.25, 0.3) is 6.20 Å².